The largest absolute Gasteiger partial charge is 0.380 e. The lowest BCUT2D eigenvalue weighted by Gasteiger charge is -2.16. The second-order valence-corrected chi connectivity index (χ2v) is 3.15. The van der Waals surface area contributed by atoms with Gasteiger partial charge in [0.05, 0.1) is 6.61 Å². The summed E-state index contributed by atoms with van der Waals surface area (Å²) in [5, 5.41) is 3.48. The molecule has 0 aromatic carbocycles. The normalized spacial score (nSPS) is 26.8. The van der Waals surface area contributed by atoms with E-state index in [4.69, 9.17) is 4.74 Å². The van der Waals surface area contributed by atoms with Gasteiger partial charge in [-0.1, -0.05) is 6.08 Å². The number of hydrogen-bond acceptors (Lipinski definition) is 2. The van der Waals surface area contributed by atoms with E-state index < -0.39 is 0 Å². The standard InChI is InChI=1S/C9H17NO/c1-3-4-8(2)10-9-5-6-11-7-9/h3,8-10H,1,4-7H2,2H3. The van der Waals surface area contributed by atoms with Gasteiger partial charge in [0.25, 0.3) is 0 Å². The van der Waals surface area contributed by atoms with Crippen LogP contribution in [0.15, 0.2) is 12.7 Å². The van der Waals surface area contributed by atoms with Crippen LogP contribution in [0.1, 0.15) is 19.8 Å². The molecule has 1 rings (SSSR count). The number of rotatable bonds is 4. The highest BCUT2D eigenvalue weighted by molar-refractivity contribution is 4.79. The molecule has 1 saturated heterocycles. The molecule has 0 aliphatic carbocycles. The van der Waals surface area contributed by atoms with E-state index in [0.717, 1.165) is 26.1 Å². The molecule has 0 amide bonds. The van der Waals surface area contributed by atoms with E-state index in [1.165, 1.54) is 0 Å². The molecular weight excluding hydrogens is 138 g/mol. The molecule has 1 aliphatic heterocycles. The average molecular weight is 155 g/mol. The van der Waals surface area contributed by atoms with Crippen molar-refractivity contribution < 1.29 is 4.74 Å². The van der Waals surface area contributed by atoms with Crippen LogP contribution in [-0.4, -0.2) is 25.3 Å². The molecular formula is C9H17NO. The maximum absolute atomic E-state index is 5.25. The van der Waals surface area contributed by atoms with Crippen LogP contribution in [0.4, 0.5) is 0 Å². The quantitative estimate of drug-likeness (QED) is 0.618. The van der Waals surface area contributed by atoms with Gasteiger partial charge in [-0.3, -0.25) is 0 Å². The van der Waals surface area contributed by atoms with Gasteiger partial charge in [0.1, 0.15) is 0 Å². The summed E-state index contributed by atoms with van der Waals surface area (Å²) in [4.78, 5) is 0. The summed E-state index contributed by atoms with van der Waals surface area (Å²) in [6.45, 7) is 7.68. The predicted molar refractivity (Wildman–Crippen MR) is 46.6 cm³/mol. The molecule has 0 bridgehead atoms. The van der Waals surface area contributed by atoms with Crippen molar-refractivity contribution >= 4 is 0 Å². The van der Waals surface area contributed by atoms with Crippen LogP contribution in [0.25, 0.3) is 0 Å². The molecule has 11 heavy (non-hydrogen) atoms. The summed E-state index contributed by atoms with van der Waals surface area (Å²) in [5.41, 5.74) is 0. The minimum absolute atomic E-state index is 0.541. The van der Waals surface area contributed by atoms with Gasteiger partial charge in [-0.2, -0.15) is 0 Å². The van der Waals surface area contributed by atoms with E-state index in [2.05, 4.69) is 18.8 Å². The van der Waals surface area contributed by atoms with Crippen molar-refractivity contribution in [2.24, 2.45) is 0 Å². The van der Waals surface area contributed by atoms with Crippen molar-refractivity contribution in [3.63, 3.8) is 0 Å². The summed E-state index contributed by atoms with van der Waals surface area (Å²) in [6.07, 6.45) is 4.14. The van der Waals surface area contributed by atoms with Crippen LogP contribution in [-0.2, 0) is 4.74 Å². The Morgan fingerprint density at radius 1 is 1.82 bits per heavy atom. The molecule has 1 fully saturated rings. The second-order valence-electron chi connectivity index (χ2n) is 3.15. The van der Waals surface area contributed by atoms with Gasteiger partial charge in [-0.05, 0) is 19.8 Å². The Morgan fingerprint density at radius 2 is 2.64 bits per heavy atom. The molecule has 2 heteroatoms. The van der Waals surface area contributed by atoms with E-state index >= 15 is 0 Å². The molecule has 1 N–H and O–H groups in total. The Hall–Kier alpha value is -0.340. The van der Waals surface area contributed by atoms with Crippen LogP contribution in [0, 0.1) is 0 Å². The molecule has 0 saturated carbocycles. The Bertz CT molecular complexity index is 119. The predicted octanol–water partition coefficient (Wildman–Crippen LogP) is 1.33. The lowest BCUT2D eigenvalue weighted by molar-refractivity contribution is 0.188. The first-order valence-electron chi connectivity index (χ1n) is 4.27. The van der Waals surface area contributed by atoms with Gasteiger partial charge in [-0.15, -0.1) is 6.58 Å². The minimum atomic E-state index is 0.541. The molecule has 2 nitrogen and oxygen atoms in total. The third-order valence-electron chi connectivity index (χ3n) is 1.97. The Kier molecular flexibility index (Phi) is 3.60. The SMILES string of the molecule is C=CCC(C)NC1CCOC1. The molecule has 0 spiro atoms. The van der Waals surface area contributed by atoms with Crippen LogP contribution in [0.3, 0.4) is 0 Å². The maximum Gasteiger partial charge on any atom is 0.0620 e. The fraction of sp³-hybridized carbons (Fsp3) is 0.778. The van der Waals surface area contributed by atoms with Crippen LogP contribution < -0.4 is 5.32 Å². The molecule has 64 valence electrons. The first-order valence-corrected chi connectivity index (χ1v) is 4.27. The van der Waals surface area contributed by atoms with Crippen molar-refractivity contribution in [2.45, 2.75) is 31.8 Å². The summed E-state index contributed by atoms with van der Waals surface area (Å²) < 4.78 is 5.25. The van der Waals surface area contributed by atoms with Gasteiger partial charge in [0.2, 0.25) is 0 Å². The first kappa shape index (κ1) is 8.75. The van der Waals surface area contributed by atoms with Crippen LogP contribution in [0.5, 0.6) is 0 Å². The highest BCUT2D eigenvalue weighted by Gasteiger charge is 2.16. The first-order chi connectivity index (χ1) is 5.33. The molecule has 2 unspecified atom stereocenters. The monoisotopic (exact) mass is 155 g/mol. The van der Waals surface area contributed by atoms with Crippen molar-refractivity contribution in [3.05, 3.63) is 12.7 Å². The van der Waals surface area contributed by atoms with Crippen molar-refractivity contribution in [1.29, 1.82) is 0 Å². The zero-order valence-corrected chi connectivity index (χ0v) is 7.18. The highest BCUT2D eigenvalue weighted by Crippen LogP contribution is 2.05. The highest BCUT2D eigenvalue weighted by atomic mass is 16.5. The van der Waals surface area contributed by atoms with E-state index in [1.807, 2.05) is 6.08 Å². The molecule has 0 radical (unpaired) electrons. The zero-order valence-electron chi connectivity index (χ0n) is 7.18. The zero-order chi connectivity index (χ0) is 8.10. The number of nitrogens with one attached hydrogen (secondary N) is 1. The van der Waals surface area contributed by atoms with E-state index in [0.29, 0.717) is 12.1 Å². The van der Waals surface area contributed by atoms with Gasteiger partial charge in [0, 0.05) is 18.7 Å². The molecule has 0 aromatic heterocycles. The molecule has 0 aromatic rings. The summed E-state index contributed by atoms with van der Waals surface area (Å²) >= 11 is 0. The second kappa shape index (κ2) is 4.52. The van der Waals surface area contributed by atoms with Gasteiger partial charge in [-0.25, -0.2) is 0 Å². The van der Waals surface area contributed by atoms with Gasteiger partial charge in [0.15, 0.2) is 0 Å². The fourth-order valence-corrected chi connectivity index (χ4v) is 1.39. The van der Waals surface area contributed by atoms with E-state index in [1.54, 1.807) is 0 Å². The number of ether oxygens (including phenoxy) is 1. The average Bonchev–Trinajstić information content (AvgIpc) is 2.40. The topological polar surface area (TPSA) is 21.3 Å². The van der Waals surface area contributed by atoms with Gasteiger partial charge < -0.3 is 10.1 Å². The third-order valence-corrected chi connectivity index (χ3v) is 1.97. The van der Waals surface area contributed by atoms with Crippen molar-refractivity contribution in [1.82, 2.24) is 5.32 Å². The molecule has 1 aliphatic rings. The Labute approximate surface area is 68.6 Å². The summed E-state index contributed by atoms with van der Waals surface area (Å²) in [7, 11) is 0. The molecule has 1 heterocycles. The van der Waals surface area contributed by atoms with Gasteiger partial charge >= 0.3 is 0 Å². The maximum atomic E-state index is 5.25. The smallest absolute Gasteiger partial charge is 0.0620 e. The van der Waals surface area contributed by atoms with E-state index in [-0.39, 0.29) is 0 Å². The minimum Gasteiger partial charge on any atom is -0.380 e. The lowest BCUT2D eigenvalue weighted by atomic mass is 10.2. The van der Waals surface area contributed by atoms with Crippen molar-refractivity contribution in [3.8, 4) is 0 Å². The lowest BCUT2D eigenvalue weighted by Crippen LogP contribution is -2.36. The van der Waals surface area contributed by atoms with Crippen LogP contribution in [0.2, 0.25) is 0 Å². The Morgan fingerprint density at radius 3 is 3.18 bits per heavy atom. The van der Waals surface area contributed by atoms with Crippen molar-refractivity contribution in [2.75, 3.05) is 13.2 Å². The number of hydrogen-bond donors (Lipinski definition) is 1. The molecule has 2 atom stereocenters. The fourth-order valence-electron chi connectivity index (χ4n) is 1.39. The summed E-state index contributed by atoms with van der Waals surface area (Å²) in [6, 6.07) is 1.11. The van der Waals surface area contributed by atoms with Crippen LogP contribution >= 0.6 is 0 Å². The third kappa shape index (κ3) is 3.04. The summed E-state index contributed by atoms with van der Waals surface area (Å²) in [5.74, 6) is 0. The van der Waals surface area contributed by atoms with E-state index in [9.17, 15) is 0 Å². The Balaban J connectivity index is 2.12.